The predicted molar refractivity (Wildman–Crippen MR) is 62.5 cm³/mol. The van der Waals surface area contributed by atoms with Gasteiger partial charge in [-0.25, -0.2) is 9.18 Å². The second-order valence-corrected chi connectivity index (χ2v) is 3.99. The molecule has 1 aliphatic heterocycles. The molecule has 2 rings (SSSR count). The van der Waals surface area contributed by atoms with Crippen molar-refractivity contribution in [3.63, 3.8) is 0 Å². The van der Waals surface area contributed by atoms with Crippen LogP contribution in [0.15, 0.2) is 18.2 Å². The molecule has 92 valence electrons. The van der Waals surface area contributed by atoms with Crippen LogP contribution in [0, 0.1) is 12.7 Å². The molecule has 0 bridgehead atoms. The monoisotopic (exact) mass is 238 g/mol. The largest absolute Gasteiger partial charge is 0.378 e. The van der Waals surface area contributed by atoms with Gasteiger partial charge in [0.2, 0.25) is 0 Å². The topological polar surface area (TPSA) is 41.6 Å². The van der Waals surface area contributed by atoms with Gasteiger partial charge in [0, 0.05) is 18.8 Å². The van der Waals surface area contributed by atoms with Crippen LogP contribution < -0.4 is 5.32 Å². The van der Waals surface area contributed by atoms with Gasteiger partial charge >= 0.3 is 6.03 Å². The van der Waals surface area contributed by atoms with E-state index in [1.165, 1.54) is 6.07 Å². The quantitative estimate of drug-likeness (QED) is 0.813. The molecule has 1 N–H and O–H groups in total. The molecule has 4 nitrogen and oxygen atoms in total. The Bertz CT molecular complexity index is 417. The molecular formula is C12H15FN2O2. The van der Waals surface area contributed by atoms with Crippen molar-refractivity contribution in [1.82, 2.24) is 4.90 Å². The molecule has 5 heteroatoms. The van der Waals surface area contributed by atoms with Gasteiger partial charge in [-0.3, -0.25) is 0 Å². The second kappa shape index (κ2) is 5.14. The summed E-state index contributed by atoms with van der Waals surface area (Å²) in [6.45, 7) is 3.93. The predicted octanol–water partition coefficient (Wildman–Crippen LogP) is 2.00. The Hall–Kier alpha value is -1.62. The number of benzene rings is 1. The highest BCUT2D eigenvalue weighted by Gasteiger charge is 2.16. The number of rotatable bonds is 1. The zero-order chi connectivity index (χ0) is 12.3. The molecule has 1 aromatic rings. The summed E-state index contributed by atoms with van der Waals surface area (Å²) >= 11 is 0. The van der Waals surface area contributed by atoms with E-state index in [2.05, 4.69) is 5.32 Å². The van der Waals surface area contributed by atoms with Crippen LogP contribution in [-0.2, 0) is 4.74 Å². The van der Waals surface area contributed by atoms with Gasteiger partial charge in [-0.1, -0.05) is 6.07 Å². The summed E-state index contributed by atoms with van der Waals surface area (Å²) in [6, 6.07) is 4.45. The average Bonchev–Trinajstić information content (AvgIpc) is 2.35. The third-order valence-electron chi connectivity index (χ3n) is 2.72. The number of nitrogens with zero attached hydrogens (tertiary/aromatic N) is 1. The summed E-state index contributed by atoms with van der Waals surface area (Å²) in [5, 5.41) is 2.67. The summed E-state index contributed by atoms with van der Waals surface area (Å²) in [5.74, 6) is -0.315. The zero-order valence-electron chi connectivity index (χ0n) is 9.70. The van der Waals surface area contributed by atoms with Crippen LogP contribution in [0.3, 0.4) is 0 Å². The summed E-state index contributed by atoms with van der Waals surface area (Å²) in [5.41, 5.74) is 1.04. The fraction of sp³-hybridized carbons (Fsp3) is 0.417. The number of anilines is 1. The minimum atomic E-state index is -0.315. The fourth-order valence-corrected chi connectivity index (χ4v) is 1.64. The van der Waals surface area contributed by atoms with Crippen molar-refractivity contribution in [3.8, 4) is 0 Å². The number of carbonyl (C=O) groups excluding carboxylic acids is 1. The SMILES string of the molecule is Cc1ccc(NC(=O)N2CCOCC2)cc1F. The average molecular weight is 238 g/mol. The van der Waals surface area contributed by atoms with Crippen LogP contribution in [0.5, 0.6) is 0 Å². The van der Waals surface area contributed by atoms with E-state index in [0.29, 0.717) is 37.6 Å². The lowest BCUT2D eigenvalue weighted by molar-refractivity contribution is 0.0564. The highest BCUT2D eigenvalue weighted by atomic mass is 19.1. The Morgan fingerprint density at radius 3 is 2.76 bits per heavy atom. The van der Waals surface area contributed by atoms with Gasteiger partial charge in [0.1, 0.15) is 5.82 Å². The lowest BCUT2D eigenvalue weighted by Crippen LogP contribution is -2.43. The number of hydrogen-bond donors (Lipinski definition) is 1. The number of morpholine rings is 1. The van der Waals surface area contributed by atoms with Crippen molar-refractivity contribution in [1.29, 1.82) is 0 Å². The fourth-order valence-electron chi connectivity index (χ4n) is 1.64. The van der Waals surface area contributed by atoms with Gasteiger partial charge in [0.25, 0.3) is 0 Å². The Labute approximate surface area is 99.4 Å². The first kappa shape index (κ1) is 11.9. The van der Waals surface area contributed by atoms with Crippen LogP contribution in [0.1, 0.15) is 5.56 Å². The molecular weight excluding hydrogens is 223 g/mol. The van der Waals surface area contributed by atoms with Crippen molar-refractivity contribution in [3.05, 3.63) is 29.6 Å². The minimum Gasteiger partial charge on any atom is -0.378 e. The van der Waals surface area contributed by atoms with E-state index >= 15 is 0 Å². The smallest absolute Gasteiger partial charge is 0.322 e. The van der Waals surface area contributed by atoms with Gasteiger partial charge in [0.05, 0.1) is 13.2 Å². The molecule has 1 aromatic carbocycles. The highest BCUT2D eigenvalue weighted by molar-refractivity contribution is 5.89. The van der Waals surface area contributed by atoms with Gasteiger partial charge in [-0.2, -0.15) is 0 Å². The number of carbonyl (C=O) groups is 1. The van der Waals surface area contributed by atoms with Crippen LogP contribution in [-0.4, -0.2) is 37.2 Å². The molecule has 17 heavy (non-hydrogen) atoms. The normalized spacial score (nSPS) is 15.8. The molecule has 0 saturated carbocycles. The molecule has 0 spiro atoms. The molecule has 1 aliphatic rings. The van der Waals surface area contributed by atoms with E-state index in [0.717, 1.165) is 0 Å². The Morgan fingerprint density at radius 1 is 1.41 bits per heavy atom. The van der Waals surface area contributed by atoms with E-state index in [1.54, 1.807) is 24.0 Å². The van der Waals surface area contributed by atoms with Gasteiger partial charge in [0.15, 0.2) is 0 Å². The maximum absolute atomic E-state index is 13.3. The van der Waals surface area contributed by atoms with E-state index < -0.39 is 0 Å². The van der Waals surface area contributed by atoms with E-state index in [-0.39, 0.29) is 11.8 Å². The second-order valence-electron chi connectivity index (χ2n) is 3.99. The van der Waals surface area contributed by atoms with Crippen LogP contribution in [0.4, 0.5) is 14.9 Å². The number of hydrogen-bond acceptors (Lipinski definition) is 2. The number of halogens is 1. The third-order valence-corrected chi connectivity index (χ3v) is 2.72. The van der Waals surface area contributed by atoms with Crippen molar-refractivity contribution >= 4 is 11.7 Å². The summed E-state index contributed by atoms with van der Waals surface area (Å²) in [4.78, 5) is 13.5. The maximum Gasteiger partial charge on any atom is 0.322 e. The van der Waals surface area contributed by atoms with Crippen molar-refractivity contribution in [2.75, 3.05) is 31.6 Å². The third kappa shape index (κ3) is 2.94. The summed E-state index contributed by atoms with van der Waals surface area (Å²) in [7, 11) is 0. The first-order chi connectivity index (χ1) is 8.16. The molecule has 0 aromatic heterocycles. The number of aryl methyl sites for hydroxylation is 1. The van der Waals surface area contributed by atoms with Crippen molar-refractivity contribution in [2.24, 2.45) is 0 Å². The molecule has 0 atom stereocenters. The molecule has 0 unspecified atom stereocenters. The highest BCUT2D eigenvalue weighted by Crippen LogP contribution is 2.14. The molecule has 1 fully saturated rings. The van der Waals surface area contributed by atoms with Crippen molar-refractivity contribution < 1.29 is 13.9 Å². The Morgan fingerprint density at radius 2 is 2.12 bits per heavy atom. The number of amides is 2. The van der Waals surface area contributed by atoms with Crippen LogP contribution in [0.25, 0.3) is 0 Å². The molecule has 2 amide bonds. The van der Waals surface area contributed by atoms with Crippen molar-refractivity contribution in [2.45, 2.75) is 6.92 Å². The van der Waals surface area contributed by atoms with Crippen LogP contribution >= 0.6 is 0 Å². The van der Waals surface area contributed by atoms with Crippen LogP contribution in [0.2, 0.25) is 0 Å². The van der Waals surface area contributed by atoms with Gasteiger partial charge in [-0.15, -0.1) is 0 Å². The van der Waals surface area contributed by atoms with E-state index in [9.17, 15) is 9.18 Å². The summed E-state index contributed by atoms with van der Waals surface area (Å²) < 4.78 is 18.4. The Balaban J connectivity index is 1.99. The number of nitrogens with one attached hydrogen (secondary N) is 1. The standard InChI is InChI=1S/C12H15FN2O2/c1-9-2-3-10(8-11(9)13)14-12(16)15-4-6-17-7-5-15/h2-3,8H,4-7H2,1H3,(H,14,16). The maximum atomic E-state index is 13.3. The van der Waals surface area contributed by atoms with E-state index in [1.807, 2.05) is 0 Å². The summed E-state index contributed by atoms with van der Waals surface area (Å²) in [6.07, 6.45) is 0. The minimum absolute atomic E-state index is 0.212. The van der Waals surface area contributed by atoms with E-state index in [4.69, 9.17) is 4.74 Å². The first-order valence-electron chi connectivity index (χ1n) is 5.56. The van der Waals surface area contributed by atoms with Gasteiger partial charge in [-0.05, 0) is 24.6 Å². The lowest BCUT2D eigenvalue weighted by atomic mass is 10.2. The zero-order valence-corrected chi connectivity index (χ0v) is 9.70. The molecule has 1 saturated heterocycles. The number of urea groups is 1. The van der Waals surface area contributed by atoms with Gasteiger partial charge < -0.3 is 15.0 Å². The Kier molecular flexibility index (Phi) is 3.58. The molecule has 0 radical (unpaired) electrons. The molecule has 1 heterocycles. The lowest BCUT2D eigenvalue weighted by Gasteiger charge is -2.26. The molecule has 0 aliphatic carbocycles. The first-order valence-corrected chi connectivity index (χ1v) is 5.56. The number of ether oxygens (including phenoxy) is 1.